The molecule has 6 heteroatoms. The second-order valence-corrected chi connectivity index (χ2v) is 6.01. The predicted octanol–water partition coefficient (Wildman–Crippen LogP) is 1.13. The summed E-state index contributed by atoms with van der Waals surface area (Å²) in [5.74, 6) is 0.0518. The Kier molecular flexibility index (Phi) is 4.05. The molecule has 2 fully saturated rings. The average Bonchev–Trinajstić information content (AvgIpc) is 2.48. The molecule has 114 valence electrons. The van der Waals surface area contributed by atoms with E-state index in [1.54, 1.807) is 13.3 Å². The Morgan fingerprint density at radius 3 is 2.76 bits per heavy atom. The maximum Gasteiger partial charge on any atom is 0.217 e. The second-order valence-electron chi connectivity index (χ2n) is 6.01. The largest absolute Gasteiger partial charge is 0.375 e. The molecule has 6 nitrogen and oxygen atoms in total. The lowest BCUT2D eigenvalue weighted by atomic mass is 9.82. The molecule has 1 unspecified atom stereocenters. The zero-order chi connectivity index (χ0) is 14.7. The van der Waals surface area contributed by atoms with Gasteiger partial charge in [-0.15, -0.1) is 0 Å². The van der Waals surface area contributed by atoms with Crippen molar-refractivity contribution in [3.63, 3.8) is 0 Å². The number of hydrogen-bond acceptors (Lipinski definition) is 5. The van der Waals surface area contributed by atoms with Crippen LogP contribution in [0.15, 0.2) is 18.7 Å². The zero-order valence-electron chi connectivity index (χ0n) is 12.4. The molecule has 2 saturated heterocycles. The van der Waals surface area contributed by atoms with Gasteiger partial charge in [0.2, 0.25) is 5.91 Å². The number of nitrogens with one attached hydrogen (secondary N) is 1. The van der Waals surface area contributed by atoms with Crippen LogP contribution in [0, 0.1) is 0 Å². The minimum atomic E-state index is -0.0719. The number of piperidine rings is 1. The molecule has 0 aromatic carbocycles. The average molecular weight is 290 g/mol. The van der Waals surface area contributed by atoms with E-state index in [-0.39, 0.29) is 17.6 Å². The Morgan fingerprint density at radius 1 is 1.38 bits per heavy atom. The Morgan fingerprint density at radius 2 is 2.10 bits per heavy atom. The van der Waals surface area contributed by atoms with Crippen LogP contribution in [0.3, 0.4) is 0 Å². The molecule has 1 aromatic rings. The van der Waals surface area contributed by atoms with Gasteiger partial charge in [0.15, 0.2) is 0 Å². The third-order valence-corrected chi connectivity index (χ3v) is 4.49. The Balaban J connectivity index is 1.60. The molecule has 1 atom stereocenters. The van der Waals surface area contributed by atoms with Crippen LogP contribution in [0.4, 0.5) is 5.69 Å². The molecular formula is C15H22N4O2. The van der Waals surface area contributed by atoms with Crippen molar-refractivity contribution >= 4 is 11.6 Å². The van der Waals surface area contributed by atoms with Crippen molar-refractivity contribution in [3.8, 4) is 0 Å². The molecule has 0 radical (unpaired) electrons. The number of nitrogens with zero attached hydrogens (tertiary/aromatic N) is 3. The quantitative estimate of drug-likeness (QED) is 0.884. The summed E-state index contributed by atoms with van der Waals surface area (Å²) in [6.07, 6.45) is 9.07. The molecule has 1 spiro atoms. The molecule has 1 aromatic heterocycles. The van der Waals surface area contributed by atoms with Crippen molar-refractivity contribution in [2.45, 2.75) is 44.2 Å². The number of anilines is 1. The fourth-order valence-electron chi connectivity index (χ4n) is 3.41. The van der Waals surface area contributed by atoms with Crippen molar-refractivity contribution in [1.29, 1.82) is 0 Å². The van der Waals surface area contributed by atoms with Gasteiger partial charge in [0.05, 0.1) is 23.7 Å². The Bertz CT molecular complexity index is 486. The van der Waals surface area contributed by atoms with Crippen molar-refractivity contribution in [3.05, 3.63) is 18.7 Å². The van der Waals surface area contributed by atoms with E-state index in [9.17, 15) is 4.79 Å². The van der Waals surface area contributed by atoms with E-state index >= 15 is 0 Å². The van der Waals surface area contributed by atoms with Gasteiger partial charge in [-0.05, 0) is 25.7 Å². The highest BCUT2D eigenvalue weighted by molar-refractivity contribution is 5.73. The van der Waals surface area contributed by atoms with E-state index in [0.717, 1.165) is 51.1 Å². The molecule has 0 aliphatic carbocycles. The fourth-order valence-corrected chi connectivity index (χ4v) is 3.41. The number of hydrogen-bond donors (Lipinski definition) is 1. The summed E-state index contributed by atoms with van der Waals surface area (Å²) in [5, 5.41) is 3.04. The summed E-state index contributed by atoms with van der Waals surface area (Å²) in [5.41, 5.74) is 0.999. The van der Waals surface area contributed by atoms with Crippen molar-refractivity contribution in [2.24, 2.45) is 0 Å². The van der Waals surface area contributed by atoms with Crippen LogP contribution in [0.5, 0.6) is 0 Å². The van der Waals surface area contributed by atoms with Gasteiger partial charge in [-0.2, -0.15) is 0 Å². The van der Waals surface area contributed by atoms with Crippen LogP contribution in [0.1, 0.15) is 32.6 Å². The number of carbonyl (C=O) groups is 1. The van der Waals surface area contributed by atoms with Gasteiger partial charge in [-0.25, -0.2) is 9.97 Å². The summed E-state index contributed by atoms with van der Waals surface area (Å²) in [7, 11) is 0. The molecule has 0 saturated carbocycles. The number of carbonyl (C=O) groups excluding carboxylic acids is 1. The number of rotatable bonds is 2. The molecule has 0 bridgehead atoms. The van der Waals surface area contributed by atoms with E-state index in [4.69, 9.17) is 4.74 Å². The first-order valence-electron chi connectivity index (χ1n) is 7.58. The molecular weight excluding hydrogens is 268 g/mol. The topological polar surface area (TPSA) is 67.3 Å². The lowest BCUT2D eigenvalue weighted by molar-refractivity contribution is -0.125. The minimum Gasteiger partial charge on any atom is -0.375 e. The summed E-state index contributed by atoms with van der Waals surface area (Å²) in [4.78, 5) is 21.7. The van der Waals surface area contributed by atoms with Gasteiger partial charge in [-0.1, -0.05) is 0 Å². The lowest BCUT2D eigenvalue weighted by Gasteiger charge is -2.46. The number of aromatic nitrogens is 2. The van der Waals surface area contributed by atoms with Gasteiger partial charge in [0, 0.05) is 32.7 Å². The highest BCUT2D eigenvalue weighted by atomic mass is 16.5. The first-order chi connectivity index (χ1) is 10.2. The Labute approximate surface area is 124 Å². The van der Waals surface area contributed by atoms with E-state index in [1.807, 2.05) is 12.4 Å². The maximum absolute atomic E-state index is 11.2. The lowest BCUT2D eigenvalue weighted by Crippen LogP contribution is -2.53. The normalized spacial score (nSPS) is 24.8. The Hall–Kier alpha value is -1.69. The minimum absolute atomic E-state index is 0.0518. The van der Waals surface area contributed by atoms with Crippen LogP contribution in [0.25, 0.3) is 0 Å². The van der Waals surface area contributed by atoms with Gasteiger partial charge >= 0.3 is 0 Å². The zero-order valence-corrected chi connectivity index (χ0v) is 12.4. The van der Waals surface area contributed by atoms with Gasteiger partial charge in [0.25, 0.3) is 0 Å². The number of ether oxygens (including phenoxy) is 1. The third-order valence-electron chi connectivity index (χ3n) is 4.49. The molecule has 21 heavy (non-hydrogen) atoms. The van der Waals surface area contributed by atoms with Gasteiger partial charge < -0.3 is 15.0 Å². The predicted molar refractivity (Wildman–Crippen MR) is 79.0 cm³/mol. The summed E-state index contributed by atoms with van der Waals surface area (Å²) >= 11 is 0. The van der Waals surface area contributed by atoms with Crippen molar-refractivity contribution in [2.75, 3.05) is 24.6 Å². The molecule has 3 heterocycles. The van der Waals surface area contributed by atoms with Crippen molar-refractivity contribution in [1.82, 2.24) is 15.3 Å². The number of amides is 1. The van der Waals surface area contributed by atoms with Crippen molar-refractivity contribution < 1.29 is 9.53 Å². The van der Waals surface area contributed by atoms with E-state index in [0.29, 0.717) is 0 Å². The molecule has 2 aliphatic rings. The van der Waals surface area contributed by atoms with Crippen LogP contribution in [-0.4, -0.2) is 47.2 Å². The van der Waals surface area contributed by atoms with E-state index in [2.05, 4.69) is 20.2 Å². The molecule has 3 rings (SSSR count). The third kappa shape index (κ3) is 3.32. The SMILES string of the molecule is CC(=O)NC1CCOC2(CCN(c3cncnc3)CC2)C1. The first kappa shape index (κ1) is 14.3. The van der Waals surface area contributed by atoms with Crippen LogP contribution in [0.2, 0.25) is 0 Å². The summed E-state index contributed by atoms with van der Waals surface area (Å²) in [6.45, 7) is 4.21. The van der Waals surface area contributed by atoms with E-state index < -0.39 is 0 Å². The molecule has 1 N–H and O–H groups in total. The summed E-state index contributed by atoms with van der Waals surface area (Å²) in [6, 6.07) is 0.253. The highest BCUT2D eigenvalue weighted by Gasteiger charge is 2.40. The first-order valence-corrected chi connectivity index (χ1v) is 7.58. The van der Waals surface area contributed by atoms with Gasteiger partial charge in [0.1, 0.15) is 6.33 Å². The van der Waals surface area contributed by atoms with Crippen LogP contribution in [-0.2, 0) is 9.53 Å². The van der Waals surface area contributed by atoms with E-state index in [1.165, 1.54) is 0 Å². The monoisotopic (exact) mass is 290 g/mol. The standard InChI is InChI=1S/C15H22N4O2/c1-12(20)18-13-2-7-21-15(8-13)3-5-19(6-4-15)14-9-16-11-17-10-14/h9-11,13H,2-8H2,1H3,(H,18,20). The van der Waals surface area contributed by atoms with Crippen LogP contribution < -0.4 is 10.2 Å². The second kappa shape index (κ2) is 5.97. The van der Waals surface area contributed by atoms with Gasteiger partial charge in [-0.3, -0.25) is 4.79 Å². The fraction of sp³-hybridized carbons (Fsp3) is 0.667. The molecule has 2 aliphatic heterocycles. The smallest absolute Gasteiger partial charge is 0.217 e. The maximum atomic E-state index is 11.2. The highest BCUT2D eigenvalue weighted by Crippen LogP contribution is 2.36. The molecule has 1 amide bonds. The summed E-state index contributed by atoms with van der Waals surface area (Å²) < 4.78 is 6.09. The van der Waals surface area contributed by atoms with Crippen LogP contribution >= 0.6 is 0 Å².